The van der Waals surface area contributed by atoms with Gasteiger partial charge in [-0.2, -0.15) is 4.31 Å². The van der Waals surface area contributed by atoms with E-state index >= 15 is 0 Å². The van der Waals surface area contributed by atoms with Crippen LogP contribution in [0.4, 0.5) is 11.4 Å². The first kappa shape index (κ1) is 24.3. The van der Waals surface area contributed by atoms with Crippen molar-refractivity contribution in [1.29, 1.82) is 0 Å². The van der Waals surface area contributed by atoms with Crippen molar-refractivity contribution in [3.8, 4) is 0 Å². The van der Waals surface area contributed by atoms with Crippen molar-refractivity contribution < 1.29 is 27.7 Å². The van der Waals surface area contributed by atoms with Gasteiger partial charge in [0.15, 0.2) is 6.61 Å². The lowest BCUT2D eigenvalue weighted by atomic mass is 10.1. The molecule has 33 heavy (non-hydrogen) atoms. The molecule has 1 aliphatic heterocycles. The molecule has 0 saturated carbocycles. The van der Waals surface area contributed by atoms with Gasteiger partial charge in [-0.05, 0) is 55.5 Å². The zero-order valence-electron chi connectivity index (χ0n) is 18.2. The van der Waals surface area contributed by atoms with Crippen LogP contribution in [0, 0.1) is 17.0 Å². The van der Waals surface area contributed by atoms with Crippen LogP contribution >= 0.6 is 0 Å². The molecule has 0 unspecified atom stereocenters. The van der Waals surface area contributed by atoms with E-state index in [4.69, 9.17) is 4.74 Å². The van der Waals surface area contributed by atoms with E-state index in [1.807, 2.05) is 0 Å². The molecule has 1 saturated heterocycles. The molecule has 0 atom stereocenters. The van der Waals surface area contributed by atoms with Crippen molar-refractivity contribution in [2.24, 2.45) is 0 Å². The van der Waals surface area contributed by atoms with Crippen molar-refractivity contribution in [2.75, 3.05) is 25.0 Å². The summed E-state index contributed by atoms with van der Waals surface area (Å²) in [5.41, 5.74) is 1.60. The number of hydrogen-bond donors (Lipinski definition) is 1. The maximum Gasteiger partial charge on any atom is 0.306 e. The molecule has 176 valence electrons. The predicted molar refractivity (Wildman–Crippen MR) is 120 cm³/mol. The lowest BCUT2D eigenvalue weighted by molar-refractivity contribution is -0.384. The maximum atomic E-state index is 12.5. The number of nitrogens with one attached hydrogen (secondary N) is 1. The van der Waals surface area contributed by atoms with Crippen LogP contribution in [0.1, 0.15) is 30.4 Å². The summed E-state index contributed by atoms with van der Waals surface area (Å²) in [5.74, 6) is -1.13. The van der Waals surface area contributed by atoms with Gasteiger partial charge in [0.25, 0.3) is 11.6 Å². The first-order valence-corrected chi connectivity index (χ1v) is 11.9. The van der Waals surface area contributed by atoms with Crippen LogP contribution in [0.5, 0.6) is 0 Å². The third-order valence-corrected chi connectivity index (χ3v) is 7.22. The van der Waals surface area contributed by atoms with Crippen LogP contribution in [0.2, 0.25) is 0 Å². The van der Waals surface area contributed by atoms with Gasteiger partial charge in [0.2, 0.25) is 10.0 Å². The third kappa shape index (κ3) is 6.36. The quantitative estimate of drug-likeness (QED) is 0.335. The smallest absolute Gasteiger partial charge is 0.306 e. The van der Waals surface area contributed by atoms with E-state index in [0.29, 0.717) is 30.8 Å². The second-order valence-corrected chi connectivity index (χ2v) is 9.66. The van der Waals surface area contributed by atoms with E-state index < -0.39 is 33.4 Å². The molecule has 0 radical (unpaired) electrons. The summed E-state index contributed by atoms with van der Waals surface area (Å²) in [6, 6.07) is 10.4. The number of carbonyl (C=O) groups excluding carboxylic acids is 2. The fourth-order valence-electron chi connectivity index (χ4n) is 3.46. The largest absolute Gasteiger partial charge is 0.456 e. The Balaban J connectivity index is 1.45. The zero-order chi connectivity index (χ0) is 24.0. The normalized spacial score (nSPS) is 14.1. The van der Waals surface area contributed by atoms with Gasteiger partial charge in [-0.15, -0.1) is 0 Å². The van der Waals surface area contributed by atoms with Crippen molar-refractivity contribution in [1.82, 2.24) is 4.31 Å². The minimum absolute atomic E-state index is 0.0298. The molecule has 1 N–H and O–H groups in total. The average molecular weight is 476 g/mol. The van der Waals surface area contributed by atoms with Gasteiger partial charge in [-0.1, -0.05) is 12.1 Å². The van der Waals surface area contributed by atoms with E-state index in [2.05, 4.69) is 5.32 Å². The number of sulfonamides is 1. The maximum absolute atomic E-state index is 12.5. The fraction of sp³-hybridized carbons (Fsp3) is 0.364. The first-order valence-electron chi connectivity index (χ1n) is 10.5. The molecule has 0 spiro atoms. The summed E-state index contributed by atoms with van der Waals surface area (Å²) < 4.78 is 31.5. The van der Waals surface area contributed by atoms with E-state index in [0.717, 1.165) is 18.4 Å². The van der Waals surface area contributed by atoms with Crippen LogP contribution in [0.15, 0.2) is 47.4 Å². The second-order valence-electron chi connectivity index (χ2n) is 7.72. The molecule has 11 heteroatoms. The number of esters is 1. The van der Waals surface area contributed by atoms with Crippen LogP contribution in [-0.4, -0.2) is 49.2 Å². The summed E-state index contributed by atoms with van der Waals surface area (Å²) in [5, 5.41) is 13.3. The lowest BCUT2D eigenvalue weighted by Crippen LogP contribution is -2.27. The number of hydrogen-bond acceptors (Lipinski definition) is 7. The SMILES string of the molecule is Cc1cc([N+](=O)[O-])ccc1NC(=O)COC(=O)CCc1ccc(S(=O)(=O)N2CCCC2)cc1. The minimum Gasteiger partial charge on any atom is -0.456 e. The molecule has 2 aromatic carbocycles. The molecular weight excluding hydrogens is 450 g/mol. The number of non-ortho nitro benzene ring substituents is 1. The Hall–Kier alpha value is -3.31. The van der Waals surface area contributed by atoms with Crippen molar-refractivity contribution >= 4 is 33.3 Å². The number of carbonyl (C=O) groups is 2. The molecule has 2 aromatic rings. The Morgan fingerprint density at radius 3 is 2.39 bits per heavy atom. The number of aryl methyl sites for hydroxylation is 2. The molecule has 1 fully saturated rings. The predicted octanol–water partition coefficient (Wildman–Crippen LogP) is 2.80. The number of nitrogens with zero attached hydrogens (tertiary/aromatic N) is 2. The molecule has 1 heterocycles. The van der Waals surface area contributed by atoms with Crippen LogP contribution in [0.25, 0.3) is 0 Å². The number of anilines is 1. The van der Waals surface area contributed by atoms with Crippen molar-refractivity contribution in [3.05, 3.63) is 63.7 Å². The van der Waals surface area contributed by atoms with Gasteiger partial charge in [0.1, 0.15) is 0 Å². The zero-order valence-corrected chi connectivity index (χ0v) is 19.0. The summed E-state index contributed by atoms with van der Waals surface area (Å²) in [7, 11) is -3.48. The molecule has 0 aliphatic carbocycles. The Kier molecular flexibility index (Phi) is 7.77. The van der Waals surface area contributed by atoms with Crippen molar-refractivity contribution in [3.63, 3.8) is 0 Å². The fourth-order valence-corrected chi connectivity index (χ4v) is 4.98. The Bertz CT molecular complexity index is 1140. The highest BCUT2D eigenvalue weighted by molar-refractivity contribution is 7.89. The average Bonchev–Trinajstić information content (AvgIpc) is 3.34. The van der Waals surface area contributed by atoms with Gasteiger partial charge < -0.3 is 10.1 Å². The summed E-state index contributed by atoms with van der Waals surface area (Å²) in [4.78, 5) is 34.5. The van der Waals surface area contributed by atoms with Gasteiger partial charge in [-0.3, -0.25) is 19.7 Å². The monoisotopic (exact) mass is 475 g/mol. The summed E-state index contributed by atoms with van der Waals surface area (Å²) in [6.07, 6.45) is 2.10. The molecule has 3 rings (SSSR count). The third-order valence-electron chi connectivity index (χ3n) is 5.30. The number of nitro benzene ring substituents is 1. The molecule has 10 nitrogen and oxygen atoms in total. The highest BCUT2D eigenvalue weighted by Gasteiger charge is 2.26. The standard InChI is InChI=1S/C22H25N3O7S/c1-16-14-18(25(28)29)7-10-20(16)23-21(26)15-32-22(27)11-6-17-4-8-19(9-5-17)33(30,31)24-12-2-3-13-24/h4-5,7-10,14H,2-3,6,11-13,15H2,1H3,(H,23,26). The summed E-state index contributed by atoms with van der Waals surface area (Å²) >= 11 is 0. The highest BCUT2D eigenvalue weighted by atomic mass is 32.2. The first-order chi connectivity index (χ1) is 15.7. The molecule has 1 aliphatic rings. The van der Waals surface area contributed by atoms with E-state index in [1.165, 1.54) is 34.6 Å². The minimum atomic E-state index is -3.48. The van der Waals surface area contributed by atoms with Gasteiger partial charge >= 0.3 is 5.97 Å². The van der Waals surface area contributed by atoms with E-state index in [1.54, 1.807) is 19.1 Å². The number of benzene rings is 2. The van der Waals surface area contributed by atoms with Gasteiger partial charge in [0, 0.05) is 37.3 Å². The molecule has 0 bridgehead atoms. The van der Waals surface area contributed by atoms with Gasteiger partial charge in [0.05, 0.1) is 9.82 Å². The van der Waals surface area contributed by atoms with E-state index in [9.17, 15) is 28.1 Å². The lowest BCUT2D eigenvalue weighted by Gasteiger charge is -2.15. The Morgan fingerprint density at radius 1 is 1.12 bits per heavy atom. The van der Waals surface area contributed by atoms with E-state index in [-0.39, 0.29) is 17.0 Å². The van der Waals surface area contributed by atoms with Crippen LogP contribution < -0.4 is 5.32 Å². The van der Waals surface area contributed by atoms with Crippen molar-refractivity contribution in [2.45, 2.75) is 37.5 Å². The number of rotatable bonds is 9. The van der Waals surface area contributed by atoms with Crippen LogP contribution in [-0.2, 0) is 30.8 Å². The highest BCUT2D eigenvalue weighted by Crippen LogP contribution is 2.22. The molecule has 0 aromatic heterocycles. The molecule has 1 amide bonds. The number of amides is 1. The number of nitro groups is 1. The van der Waals surface area contributed by atoms with Gasteiger partial charge in [-0.25, -0.2) is 8.42 Å². The molecular formula is C22H25N3O7S. The topological polar surface area (TPSA) is 136 Å². The number of ether oxygens (including phenoxy) is 1. The Labute approximate surface area is 191 Å². The summed E-state index contributed by atoms with van der Waals surface area (Å²) in [6.45, 7) is 2.21. The van der Waals surface area contributed by atoms with Crippen LogP contribution in [0.3, 0.4) is 0 Å². The second kappa shape index (κ2) is 10.5. The Morgan fingerprint density at radius 2 is 1.79 bits per heavy atom.